The minimum absolute atomic E-state index is 0.631. The van der Waals surface area contributed by atoms with E-state index in [2.05, 4.69) is 6.92 Å². The van der Waals surface area contributed by atoms with Crippen LogP contribution in [0.3, 0.4) is 0 Å². The molecule has 0 aliphatic heterocycles. The van der Waals surface area contributed by atoms with E-state index in [0.717, 1.165) is 12.8 Å². The maximum absolute atomic E-state index is 11.3. The van der Waals surface area contributed by atoms with E-state index < -0.39 is 0 Å². The highest BCUT2D eigenvalue weighted by molar-refractivity contribution is 4.71. The van der Waals surface area contributed by atoms with Crippen molar-refractivity contribution in [3.63, 3.8) is 0 Å². The van der Waals surface area contributed by atoms with Crippen LogP contribution in [-0.4, -0.2) is 0 Å². The number of halogens is 1. The van der Waals surface area contributed by atoms with Gasteiger partial charge in [0.2, 0.25) is 0 Å². The Kier molecular flexibility index (Phi) is 7.39. The molecule has 0 heterocycles. The second-order valence-electron chi connectivity index (χ2n) is 2.21. The predicted octanol–water partition coefficient (Wildman–Crippen LogP) is 3.44. The third-order valence-electron chi connectivity index (χ3n) is 1.31. The lowest BCUT2D eigenvalue weighted by Crippen LogP contribution is -1.72. The zero-order valence-corrected chi connectivity index (χ0v) is 6.07. The van der Waals surface area contributed by atoms with E-state index in [4.69, 9.17) is 0 Å². The molecule has 0 fully saturated rings. The van der Waals surface area contributed by atoms with Crippen LogP contribution < -0.4 is 0 Å². The molecule has 0 aliphatic rings. The van der Waals surface area contributed by atoms with Gasteiger partial charge in [0.05, 0.1) is 6.33 Å². The second-order valence-corrected chi connectivity index (χ2v) is 2.21. The van der Waals surface area contributed by atoms with Gasteiger partial charge in [0.1, 0.15) is 0 Å². The van der Waals surface area contributed by atoms with Gasteiger partial charge in [-0.25, -0.2) is 4.39 Å². The maximum atomic E-state index is 11.3. The number of unbranched alkanes of at least 4 members (excludes halogenated alkanes) is 4. The molecule has 0 rings (SSSR count). The predicted molar refractivity (Wildman–Crippen MR) is 39.0 cm³/mol. The van der Waals surface area contributed by atoms with Crippen LogP contribution in [0.5, 0.6) is 0 Å². The Hall–Kier alpha value is -0.330. The summed E-state index contributed by atoms with van der Waals surface area (Å²) >= 11 is 0. The Morgan fingerprint density at radius 1 is 1.22 bits per heavy atom. The summed E-state index contributed by atoms with van der Waals surface area (Å²) in [6, 6.07) is 0. The van der Waals surface area contributed by atoms with Crippen LogP contribution in [0, 0.1) is 0 Å². The van der Waals surface area contributed by atoms with Crippen LogP contribution in [0.25, 0.3) is 0 Å². The SMILES string of the molecule is CCCCCC/C=C\F. The number of hydrogen-bond donors (Lipinski definition) is 0. The third kappa shape index (κ3) is 7.67. The quantitative estimate of drug-likeness (QED) is 0.500. The molecular weight excluding hydrogens is 115 g/mol. The van der Waals surface area contributed by atoms with Crippen LogP contribution in [0.4, 0.5) is 4.39 Å². The highest BCUT2D eigenvalue weighted by Gasteiger charge is 1.82. The van der Waals surface area contributed by atoms with Crippen LogP contribution in [0.1, 0.15) is 39.0 Å². The normalized spacial score (nSPS) is 10.9. The first-order valence-electron chi connectivity index (χ1n) is 3.67. The van der Waals surface area contributed by atoms with Crippen molar-refractivity contribution in [2.45, 2.75) is 39.0 Å². The van der Waals surface area contributed by atoms with E-state index in [9.17, 15) is 4.39 Å². The van der Waals surface area contributed by atoms with Crippen molar-refractivity contribution in [2.24, 2.45) is 0 Å². The molecule has 9 heavy (non-hydrogen) atoms. The molecule has 0 aliphatic carbocycles. The van der Waals surface area contributed by atoms with Crippen molar-refractivity contribution in [1.82, 2.24) is 0 Å². The number of rotatable bonds is 5. The largest absolute Gasteiger partial charge is 0.216 e. The Bertz CT molecular complexity index is 67.0. The van der Waals surface area contributed by atoms with E-state index in [0.29, 0.717) is 6.33 Å². The first-order chi connectivity index (χ1) is 4.41. The summed E-state index contributed by atoms with van der Waals surface area (Å²) in [6.07, 6.45) is 8.01. The van der Waals surface area contributed by atoms with Gasteiger partial charge in [-0.2, -0.15) is 0 Å². The number of hydrogen-bond acceptors (Lipinski definition) is 0. The van der Waals surface area contributed by atoms with Crippen molar-refractivity contribution < 1.29 is 4.39 Å². The van der Waals surface area contributed by atoms with E-state index in [1.54, 1.807) is 6.08 Å². The van der Waals surface area contributed by atoms with Gasteiger partial charge in [-0.1, -0.05) is 32.3 Å². The molecule has 0 aromatic carbocycles. The van der Waals surface area contributed by atoms with E-state index >= 15 is 0 Å². The average Bonchev–Trinajstić information content (AvgIpc) is 1.89. The van der Waals surface area contributed by atoms with E-state index in [-0.39, 0.29) is 0 Å². The summed E-state index contributed by atoms with van der Waals surface area (Å²) in [7, 11) is 0. The van der Waals surface area contributed by atoms with Crippen LogP contribution in [-0.2, 0) is 0 Å². The monoisotopic (exact) mass is 130 g/mol. The topological polar surface area (TPSA) is 0 Å². The standard InChI is InChI=1S/C8H15F/c1-2-3-4-5-6-7-8-9/h7-8H,2-6H2,1H3/b8-7-. The summed E-state index contributed by atoms with van der Waals surface area (Å²) in [5, 5.41) is 0. The van der Waals surface area contributed by atoms with E-state index in [1.807, 2.05) is 0 Å². The molecule has 0 amide bonds. The van der Waals surface area contributed by atoms with Crippen molar-refractivity contribution >= 4 is 0 Å². The Morgan fingerprint density at radius 2 is 2.00 bits per heavy atom. The lowest BCUT2D eigenvalue weighted by atomic mass is 10.2. The Balaban J connectivity index is 2.75. The molecule has 0 aromatic heterocycles. The lowest BCUT2D eigenvalue weighted by Gasteiger charge is -1.91. The van der Waals surface area contributed by atoms with Crippen molar-refractivity contribution in [2.75, 3.05) is 0 Å². The molecule has 0 aromatic rings. The fraction of sp³-hybridized carbons (Fsp3) is 0.750. The summed E-state index contributed by atoms with van der Waals surface area (Å²) in [4.78, 5) is 0. The van der Waals surface area contributed by atoms with Gasteiger partial charge in [0.25, 0.3) is 0 Å². The van der Waals surface area contributed by atoms with Crippen LogP contribution in [0.15, 0.2) is 12.4 Å². The molecule has 0 bridgehead atoms. The van der Waals surface area contributed by atoms with E-state index in [1.165, 1.54) is 19.3 Å². The van der Waals surface area contributed by atoms with Crippen molar-refractivity contribution in [3.05, 3.63) is 12.4 Å². The highest BCUT2D eigenvalue weighted by Crippen LogP contribution is 2.02. The van der Waals surface area contributed by atoms with Gasteiger partial charge in [0.15, 0.2) is 0 Å². The second kappa shape index (κ2) is 7.67. The molecule has 0 nitrogen and oxygen atoms in total. The third-order valence-corrected chi connectivity index (χ3v) is 1.31. The van der Waals surface area contributed by atoms with Gasteiger partial charge in [-0.3, -0.25) is 0 Å². The molecule has 54 valence electrons. The number of allylic oxidation sites excluding steroid dienone is 1. The average molecular weight is 130 g/mol. The molecule has 0 saturated carbocycles. The van der Waals surface area contributed by atoms with Gasteiger partial charge in [-0.15, -0.1) is 0 Å². The fourth-order valence-corrected chi connectivity index (χ4v) is 0.752. The molecule has 0 N–H and O–H groups in total. The Labute approximate surface area is 56.8 Å². The van der Waals surface area contributed by atoms with Gasteiger partial charge < -0.3 is 0 Å². The molecule has 0 saturated heterocycles. The molecule has 0 radical (unpaired) electrons. The molecule has 0 spiro atoms. The zero-order chi connectivity index (χ0) is 6.95. The van der Waals surface area contributed by atoms with Crippen molar-refractivity contribution in [3.8, 4) is 0 Å². The fourth-order valence-electron chi connectivity index (χ4n) is 0.752. The molecule has 0 atom stereocenters. The minimum atomic E-state index is 0.631. The zero-order valence-electron chi connectivity index (χ0n) is 6.07. The van der Waals surface area contributed by atoms with Crippen LogP contribution in [0.2, 0.25) is 0 Å². The lowest BCUT2D eigenvalue weighted by molar-refractivity contribution is 0.662. The van der Waals surface area contributed by atoms with Gasteiger partial charge in [-0.05, 0) is 12.8 Å². The first-order valence-corrected chi connectivity index (χ1v) is 3.67. The molecule has 0 unspecified atom stereocenters. The highest BCUT2D eigenvalue weighted by atomic mass is 19.1. The summed E-state index contributed by atoms with van der Waals surface area (Å²) in [5.74, 6) is 0. The minimum Gasteiger partial charge on any atom is -0.216 e. The summed E-state index contributed by atoms with van der Waals surface area (Å²) in [5.41, 5.74) is 0. The van der Waals surface area contributed by atoms with Crippen LogP contribution >= 0.6 is 0 Å². The summed E-state index contributed by atoms with van der Waals surface area (Å²) in [6.45, 7) is 2.17. The maximum Gasteiger partial charge on any atom is 0.0827 e. The Morgan fingerprint density at radius 3 is 2.56 bits per heavy atom. The van der Waals surface area contributed by atoms with Crippen molar-refractivity contribution in [1.29, 1.82) is 0 Å². The summed E-state index contributed by atoms with van der Waals surface area (Å²) < 4.78 is 11.3. The van der Waals surface area contributed by atoms with Gasteiger partial charge >= 0.3 is 0 Å². The molecule has 1 heteroatoms. The van der Waals surface area contributed by atoms with Gasteiger partial charge in [0, 0.05) is 0 Å². The smallest absolute Gasteiger partial charge is 0.0827 e. The molecular formula is C8H15F. The first kappa shape index (κ1) is 8.67.